The molecule has 4 heteroatoms. The van der Waals surface area contributed by atoms with Crippen molar-refractivity contribution in [3.63, 3.8) is 0 Å². The zero-order chi connectivity index (χ0) is 14.6. The van der Waals surface area contributed by atoms with E-state index in [-0.39, 0.29) is 11.9 Å². The molecule has 1 atom stereocenters. The fraction of sp³-hybridized carbons (Fsp3) is 0.625. The van der Waals surface area contributed by atoms with E-state index in [2.05, 4.69) is 29.5 Å². The van der Waals surface area contributed by atoms with Crippen molar-refractivity contribution >= 4 is 11.7 Å². The number of anilines is 1. The maximum atomic E-state index is 12.3. The van der Waals surface area contributed by atoms with E-state index in [1.807, 2.05) is 19.1 Å². The summed E-state index contributed by atoms with van der Waals surface area (Å²) in [6.07, 6.45) is 4.55. The Morgan fingerprint density at radius 3 is 2.95 bits per heavy atom. The van der Waals surface area contributed by atoms with Crippen LogP contribution < -0.4 is 10.6 Å². The minimum absolute atomic E-state index is 0.0625. The van der Waals surface area contributed by atoms with E-state index in [1.165, 1.54) is 12.8 Å². The van der Waals surface area contributed by atoms with Crippen LogP contribution in [0.2, 0.25) is 0 Å². The van der Waals surface area contributed by atoms with Gasteiger partial charge in [-0.1, -0.05) is 26.3 Å². The monoisotopic (exact) mass is 275 g/mol. The molecule has 1 heterocycles. The zero-order valence-electron chi connectivity index (χ0n) is 12.7. The SMILES string of the molecule is CCNc1cccc(C(=O)NC2CCCC(C)(C)C2)n1. The molecule has 1 amide bonds. The molecule has 0 radical (unpaired) electrons. The Morgan fingerprint density at radius 2 is 2.25 bits per heavy atom. The number of nitrogens with one attached hydrogen (secondary N) is 2. The second kappa shape index (κ2) is 6.25. The van der Waals surface area contributed by atoms with Crippen molar-refractivity contribution in [1.29, 1.82) is 0 Å². The minimum atomic E-state index is -0.0625. The van der Waals surface area contributed by atoms with Gasteiger partial charge in [0.15, 0.2) is 0 Å². The van der Waals surface area contributed by atoms with Gasteiger partial charge in [-0.3, -0.25) is 4.79 Å². The van der Waals surface area contributed by atoms with Crippen LogP contribution in [0.4, 0.5) is 5.82 Å². The quantitative estimate of drug-likeness (QED) is 0.887. The summed E-state index contributed by atoms with van der Waals surface area (Å²) in [7, 11) is 0. The van der Waals surface area contributed by atoms with E-state index >= 15 is 0 Å². The maximum absolute atomic E-state index is 12.3. The lowest BCUT2D eigenvalue weighted by atomic mass is 9.75. The molecule has 0 saturated heterocycles. The van der Waals surface area contributed by atoms with Crippen LogP contribution >= 0.6 is 0 Å². The Balaban J connectivity index is 1.99. The summed E-state index contributed by atoms with van der Waals surface area (Å²) in [5.41, 5.74) is 0.821. The van der Waals surface area contributed by atoms with Gasteiger partial charge in [-0.2, -0.15) is 0 Å². The molecular weight excluding hydrogens is 250 g/mol. The average Bonchev–Trinajstić information content (AvgIpc) is 2.38. The summed E-state index contributed by atoms with van der Waals surface area (Å²) in [6.45, 7) is 7.36. The average molecular weight is 275 g/mol. The van der Waals surface area contributed by atoms with Crippen LogP contribution in [-0.4, -0.2) is 23.5 Å². The lowest BCUT2D eigenvalue weighted by Crippen LogP contribution is -2.41. The molecule has 1 aliphatic rings. The topological polar surface area (TPSA) is 54.0 Å². The second-order valence-electron chi connectivity index (χ2n) is 6.37. The Hall–Kier alpha value is -1.58. The standard InChI is InChI=1S/C16H25N3O/c1-4-17-14-9-5-8-13(19-14)15(20)18-12-7-6-10-16(2,3)11-12/h5,8-9,12H,4,6-7,10-11H2,1-3H3,(H,17,19)(H,18,20). The van der Waals surface area contributed by atoms with Crippen molar-refractivity contribution in [2.75, 3.05) is 11.9 Å². The summed E-state index contributed by atoms with van der Waals surface area (Å²) >= 11 is 0. The first kappa shape index (κ1) is 14.8. The summed E-state index contributed by atoms with van der Waals surface area (Å²) in [6, 6.07) is 5.79. The molecule has 0 aromatic carbocycles. The van der Waals surface area contributed by atoms with Gasteiger partial charge in [0, 0.05) is 12.6 Å². The number of carbonyl (C=O) groups is 1. The number of carbonyl (C=O) groups excluding carboxylic acids is 1. The van der Waals surface area contributed by atoms with E-state index in [0.29, 0.717) is 11.1 Å². The van der Waals surface area contributed by atoms with Crippen molar-refractivity contribution in [3.8, 4) is 0 Å². The van der Waals surface area contributed by atoms with E-state index < -0.39 is 0 Å². The lowest BCUT2D eigenvalue weighted by Gasteiger charge is -2.35. The largest absolute Gasteiger partial charge is 0.370 e. The van der Waals surface area contributed by atoms with Gasteiger partial charge in [-0.05, 0) is 43.7 Å². The number of hydrogen-bond acceptors (Lipinski definition) is 3. The van der Waals surface area contributed by atoms with E-state index in [0.717, 1.165) is 25.2 Å². The van der Waals surface area contributed by atoms with Gasteiger partial charge < -0.3 is 10.6 Å². The van der Waals surface area contributed by atoms with E-state index in [1.54, 1.807) is 6.07 Å². The highest BCUT2D eigenvalue weighted by atomic mass is 16.1. The highest BCUT2D eigenvalue weighted by Crippen LogP contribution is 2.35. The third kappa shape index (κ3) is 3.95. The van der Waals surface area contributed by atoms with Gasteiger partial charge in [0.1, 0.15) is 11.5 Å². The number of pyridine rings is 1. The number of amides is 1. The van der Waals surface area contributed by atoms with Crippen molar-refractivity contribution in [1.82, 2.24) is 10.3 Å². The number of nitrogens with zero attached hydrogens (tertiary/aromatic N) is 1. The van der Waals surface area contributed by atoms with Gasteiger partial charge in [0.25, 0.3) is 5.91 Å². The summed E-state index contributed by atoms with van der Waals surface area (Å²) in [4.78, 5) is 16.6. The molecule has 110 valence electrons. The van der Waals surface area contributed by atoms with Crippen LogP contribution in [0.3, 0.4) is 0 Å². The lowest BCUT2D eigenvalue weighted by molar-refractivity contribution is 0.0897. The predicted octanol–water partition coefficient (Wildman–Crippen LogP) is 3.21. The van der Waals surface area contributed by atoms with Gasteiger partial charge in [-0.15, -0.1) is 0 Å². The molecule has 20 heavy (non-hydrogen) atoms. The zero-order valence-corrected chi connectivity index (χ0v) is 12.7. The molecule has 1 aliphatic carbocycles. The summed E-state index contributed by atoms with van der Waals surface area (Å²) in [5, 5.41) is 6.26. The molecule has 1 saturated carbocycles. The van der Waals surface area contributed by atoms with Gasteiger partial charge >= 0.3 is 0 Å². The molecule has 2 N–H and O–H groups in total. The Kier molecular flexibility index (Phi) is 4.63. The Morgan fingerprint density at radius 1 is 1.45 bits per heavy atom. The molecule has 0 bridgehead atoms. The molecule has 0 aliphatic heterocycles. The van der Waals surface area contributed by atoms with Crippen molar-refractivity contribution in [3.05, 3.63) is 23.9 Å². The van der Waals surface area contributed by atoms with Crippen LogP contribution in [0.1, 0.15) is 56.9 Å². The number of rotatable bonds is 4. The fourth-order valence-electron chi connectivity index (χ4n) is 2.92. The molecule has 1 unspecified atom stereocenters. The van der Waals surface area contributed by atoms with E-state index in [4.69, 9.17) is 0 Å². The van der Waals surface area contributed by atoms with Gasteiger partial charge in [0.2, 0.25) is 0 Å². The highest BCUT2D eigenvalue weighted by molar-refractivity contribution is 5.92. The first-order valence-electron chi connectivity index (χ1n) is 7.52. The number of aromatic nitrogens is 1. The molecule has 4 nitrogen and oxygen atoms in total. The van der Waals surface area contributed by atoms with Gasteiger partial charge in [0.05, 0.1) is 0 Å². The van der Waals surface area contributed by atoms with E-state index in [9.17, 15) is 4.79 Å². The highest BCUT2D eigenvalue weighted by Gasteiger charge is 2.29. The van der Waals surface area contributed by atoms with Crippen LogP contribution in [0.5, 0.6) is 0 Å². The normalized spacial score (nSPS) is 21.2. The third-order valence-corrected chi connectivity index (χ3v) is 3.88. The third-order valence-electron chi connectivity index (χ3n) is 3.88. The first-order valence-corrected chi connectivity index (χ1v) is 7.52. The summed E-state index contributed by atoms with van der Waals surface area (Å²) < 4.78 is 0. The molecular formula is C16H25N3O. The predicted molar refractivity (Wildman–Crippen MR) is 81.9 cm³/mol. The van der Waals surface area contributed by atoms with Gasteiger partial charge in [-0.25, -0.2) is 4.98 Å². The Labute approximate surface area is 121 Å². The molecule has 1 fully saturated rings. The molecule has 0 spiro atoms. The second-order valence-corrected chi connectivity index (χ2v) is 6.37. The van der Waals surface area contributed by atoms with Crippen LogP contribution in [0.25, 0.3) is 0 Å². The van der Waals surface area contributed by atoms with Crippen LogP contribution in [-0.2, 0) is 0 Å². The first-order chi connectivity index (χ1) is 9.50. The minimum Gasteiger partial charge on any atom is -0.370 e. The maximum Gasteiger partial charge on any atom is 0.270 e. The van der Waals surface area contributed by atoms with Crippen LogP contribution in [0.15, 0.2) is 18.2 Å². The van der Waals surface area contributed by atoms with Crippen molar-refractivity contribution in [2.45, 2.75) is 52.5 Å². The summed E-state index contributed by atoms with van der Waals surface area (Å²) in [5.74, 6) is 0.691. The molecule has 1 aromatic heterocycles. The van der Waals surface area contributed by atoms with Crippen molar-refractivity contribution in [2.24, 2.45) is 5.41 Å². The fourth-order valence-corrected chi connectivity index (χ4v) is 2.92. The smallest absolute Gasteiger partial charge is 0.270 e. The molecule has 1 aromatic rings. The number of hydrogen-bond donors (Lipinski definition) is 2. The Bertz CT molecular complexity index is 471. The molecule has 2 rings (SSSR count). The van der Waals surface area contributed by atoms with Crippen LogP contribution in [0, 0.1) is 5.41 Å². The van der Waals surface area contributed by atoms with Crippen molar-refractivity contribution < 1.29 is 4.79 Å².